The molecule has 0 unspecified atom stereocenters. The average molecular weight is 322 g/mol. The molecule has 0 aliphatic rings. The van der Waals surface area contributed by atoms with Gasteiger partial charge in [0.05, 0.1) is 17.8 Å². The first kappa shape index (κ1) is 13.0. The Kier molecular flexibility index (Phi) is 3.35. The molecule has 1 heterocycles. The van der Waals surface area contributed by atoms with E-state index in [1.165, 1.54) is 16.8 Å². The van der Waals surface area contributed by atoms with Crippen molar-refractivity contribution in [1.82, 2.24) is 20.2 Å². The van der Waals surface area contributed by atoms with E-state index in [-0.39, 0.29) is 22.5 Å². The second-order valence-electron chi connectivity index (χ2n) is 3.37. The minimum absolute atomic E-state index is 0.0322. The predicted molar refractivity (Wildman–Crippen MR) is 59.7 cm³/mol. The van der Waals surface area contributed by atoms with Gasteiger partial charge >= 0.3 is 6.18 Å². The van der Waals surface area contributed by atoms with Gasteiger partial charge in [-0.3, -0.25) is 0 Å². The lowest BCUT2D eigenvalue weighted by atomic mass is 10.2. The highest BCUT2D eigenvalue weighted by Crippen LogP contribution is 2.35. The summed E-state index contributed by atoms with van der Waals surface area (Å²) in [5.74, 6) is 0.283. The molecule has 0 radical (unpaired) electrons. The summed E-state index contributed by atoms with van der Waals surface area (Å²) in [4.78, 5) is 0. The fraction of sp³-hybridized carbons (Fsp3) is 0.222. The van der Waals surface area contributed by atoms with Gasteiger partial charge in [-0.2, -0.15) is 17.9 Å². The number of alkyl halides is 3. The van der Waals surface area contributed by atoms with E-state index in [0.29, 0.717) is 0 Å². The smallest absolute Gasteiger partial charge is 0.324 e. The fourth-order valence-corrected chi connectivity index (χ4v) is 1.87. The van der Waals surface area contributed by atoms with Crippen LogP contribution in [0.3, 0.4) is 0 Å². The van der Waals surface area contributed by atoms with Crippen LogP contribution in [0.2, 0.25) is 0 Å². The van der Waals surface area contributed by atoms with Crippen molar-refractivity contribution in [2.24, 2.45) is 5.73 Å². The Bertz CT molecular complexity index is 566. The van der Waals surface area contributed by atoms with Crippen LogP contribution in [-0.2, 0) is 12.7 Å². The lowest BCUT2D eigenvalue weighted by Gasteiger charge is -2.11. The van der Waals surface area contributed by atoms with Crippen molar-refractivity contribution < 1.29 is 13.2 Å². The van der Waals surface area contributed by atoms with E-state index in [4.69, 9.17) is 5.73 Å². The molecule has 1 aromatic carbocycles. The summed E-state index contributed by atoms with van der Waals surface area (Å²) < 4.78 is 39.3. The number of nitrogens with zero attached hydrogens (tertiary/aromatic N) is 4. The summed E-state index contributed by atoms with van der Waals surface area (Å²) in [7, 11) is 0. The van der Waals surface area contributed by atoms with Crippen LogP contribution in [0.15, 0.2) is 22.7 Å². The third-order valence-corrected chi connectivity index (χ3v) is 2.91. The lowest BCUT2D eigenvalue weighted by molar-refractivity contribution is -0.138. The van der Waals surface area contributed by atoms with E-state index in [9.17, 15) is 13.2 Å². The van der Waals surface area contributed by atoms with Crippen LogP contribution >= 0.6 is 15.9 Å². The van der Waals surface area contributed by atoms with Crippen molar-refractivity contribution in [3.8, 4) is 5.69 Å². The second-order valence-corrected chi connectivity index (χ2v) is 4.23. The van der Waals surface area contributed by atoms with Crippen molar-refractivity contribution in [3.63, 3.8) is 0 Å². The number of nitrogens with two attached hydrogens (primary N) is 1. The van der Waals surface area contributed by atoms with Crippen LogP contribution in [0.5, 0.6) is 0 Å². The van der Waals surface area contributed by atoms with Gasteiger partial charge in [-0.15, -0.1) is 5.10 Å². The zero-order valence-corrected chi connectivity index (χ0v) is 10.4. The molecule has 0 fully saturated rings. The van der Waals surface area contributed by atoms with Crippen LogP contribution in [-0.4, -0.2) is 20.2 Å². The highest BCUT2D eigenvalue weighted by molar-refractivity contribution is 9.10. The zero-order valence-electron chi connectivity index (χ0n) is 8.82. The number of benzene rings is 1. The van der Waals surface area contributed by atoms with Crippen molar-refractivity contribution >= 4 is 15.9 Å². The number of aromatic nitrogens is 4. The molecule has 0 saturated carbocycles. The Morgan fingerprint density at radius 3 is 2.67 bits per heavy atom. The monoisotopic (exact) mass is 321 g/mol. The summed E-state index contributed by atoms with van der Waals surface area (Å²) in [6.45, 7) is 0.0322. The van der Waals surface area contributed by atoms with Crippen LogP contribution in [0.4, 0.5) is 13.2 Å². The van der Waals surface area contributed by atoms with Crippen LogP contribution in [0.1, 0.15) is 11.4 Å². The van der Waals surface area contributed by atoms with E-state index in [2.05, 4.69) is 31.5 Å². The first-order valence-electron chi connectivity index (χ1n) is 4.78. The van der Waals surface area contributed by atoms with E-state index in [1.54, 1.807) is 0 Å². The molecule has 1 aromatic heterocycles. The summed E-state index contributed by atoms with van der Waals surface area (Å²) in [6.07, 6.45) is -4.45. The fourth-order valence-electron chi connectivity index (χ4n) is 1.40. The average Bonchev–Trinajstić information content (AvgIpc) is 2.76. The minimum atomic E-state index is -4.45. The Morgan fingerprint density at radius 1 is 1.33 bits per heavy atom. The SMILES string of the molecule is NCc1nnnn1-c1ccc(Br)c(C(F)(F)F)c1. The molecule has 0 bridgehead atoms. The van der Waals surface area contributed by atoms with Crippen LogP contribution < -0.4 is 5.73 Å². The molecule has 9 heteroatoms. The Morgan fingerprint density at radius 2 is 2.06 bits per heavy atom. The maximum absolute atomic E-state index is 12.7. The predicted octanol–water partition coefficient (Wildman–Crippen LogP) is 1.90. The molecule has 2 aromatic rings. The van der Waals surface area contributed by atoms with E-state index < -0.39 is 11.7 Å². The van der Waals surface area contributed by atoms with Gasteiger partial charge in [0, 0.05) is 4.47 Å². The molecular formula is C9H7BrF3N5. The molecular weight excluding hydrogens is 315 g/mol. The standard InChI is InChI=1S/C9H7BrF3N5/c10-7-2-1-5(3-6(7)9(11,12)13)18-8(4-14)15-16-17-18/h1-3H,4,14H2. The third-order valence-electron chi connectivity index (χ3n) is 2.22. The molecule has 96 valence electrons. The largest absolute Gasteiger partial charge is 0.417 e. The maximum Gasteiger partial charge on any atom is 0.417 e. The Balaban J connectivity index is 2.54. The lowest BCUT2D eigenvalue weighted by Crippen LogP contribution is -2.11. The van der Waals surface area contributed by atoms with Gasteiger partial charge in [0.25, 0.3) is 0 Å². The number of tetrazole rings is 1. The summed E-state index contributed by atoms with van der Waals surface area (Å²) in [5, 5.41) is 10.6. The molecule has 0 aliphatic carbocycles. The molecule has 18 heavy (non-hydrogen) atoms. The second kappa shape index (κ2) is 4.65. The van der Waals surface area contributed by atoms with Gasteiger partial charge in [-0.1, -0.05) is 15.9 Å². The quantitative estimate of drug-likeness (QED) is 0.917. The normalized spacial score (nSPS) is 11.8. The highest BCUT2D eigenvalue weighted by Gasteiger charge is 2.33. The van der Waals surface area contributed by atoms with Gasteiger partial charge in [-0.25, -0.2) is 0 Å². The van der Waals surface area contributed by atoms with Gasteiger partial charge in [0.2, 0.25) is 0 Å². The number of hydrogen-bond acceptors (Lipinski definition) is 4. The Labute approximate surface area is 108 Å². The molecule has 2 rings (SSSR count). The third kappa shape index (κ3) is 2.36. The number of hydrogen-bond donors (Lipinski definition) is 1. The molecule has 2 N–H and O–H groups in total. The van der Waals surface area contributed by atoms with Gasteiger partial charge < -0.3 is 5.73 Å². The molecule has 0 amide bonds. The van der Waals surface area contributed by atoms with E-state index in [0.717, 1.165) is 6.07 Å². The topological polar surface area (TPSA) is 69.6 Å². The highest BCUT2D eigenvalue weighted by atomic mass is 79.9. The van der Waals surface area contributed by atoms with Crippen molar-refractivity contribution in [2.45, 2.75) is 12.7 Å². The first-order valence-corrected chi connectivity index (χ1v) is 5.57. The molecule has 0 saturated heterocycles. The van der Waals surface area contributed by atoms with Crippen molar-refractivity contribution in [2.75, 3.05) is 0 Å². The number of halogens is 4. The van der Waals surface area contributed by atoms with Gasteiger partial charge in [0.1, 0.15) is 0 Å². The number of rotatable bonds is 2. The van der Waals surface area contributed by atoms with Gasteiger partial charge in [-0.05, 0) is 28.6 Å². The van der Waals surface area contributed by atoms with Crippen LogP contribution in [0, 0.1) is 0 Å². The van der Waals surface area contributed by atoms with E-state index in [1.807, 2.05) is 0 Å². The molecule has 5 nitrogen and oxygen atoms in total. The van der Waals surface area contributed by atoms with E-state index >= 15 is 0 Å². The van der Waals surface area contributed by atoms with Crippen molar-refractivity contribution in [1.29, 1.82) is 0 Å². The summed E-state index contributed by atoms with van der Waals surface area (Å²) >= 11 is 2.86. The van der Waals surface area contributed by atoms with Crippen LogP contribution in [0.25, 0.3) is 5.69 Å². The minimum Gasteiger partial charge on any atom is -0.324 e. The zero-order chi connectivity index (χ0) is 13.3. The maximum atomic E-state index is 12.7. The van der Waals surface area contributed by atoms with Crippen molar-refractivity contribution in [3.05, 3.63) is 34.1 Å². The molecule has 0 spiro atoms. The molecule has 0 atom stereocenters. The summed E-state index contributed by atoms with van der Waals surface area (Å²) in [5.41, 5.74) is 4.80. The first-order chi connectivity index (χ1) is 8.43. The summed E-state index contributed by atoms with van der Waals surface area (Å²) in [6, 6.07) is 3.72. The molecule has 0 aliphatic heterocycles. The Hall–Kier alpha value is -1.48. The van der Waals surface area contributed by atoms with Gasteiger partial charge in [0.15, 0.2) is 5.82 Å².